The lowest BCUT2D eigenvalue weighted by atomic mass is 9.77. The highest BCUT2D eigenvalue weighted by Crippen LogP contribution is 2.42. The van der Waals surface area contributed by atoms with Crippen LogP contribution < -0.4 is 10.2 Å². The Morgan fingerprint density at radius 3 is 2.74 bits per heavy atom. The lowest BCUT2D eigenvalue weighted by Crippen LogP contribution is -2.77. The summed E-state index contributed by atoms with van der Waals surface area (Å²) in [5.41, 5.74) is 1.79. The third-order valence-corrected chi connectivity index (χ3v) is 6.84. The number of carbonyl (C=O) groups excluding carboxylic acids is 1. The predicted octanol–water partition coefficient (Wildman–Crippen LogP) is 4.80. The summed E-state index contributed by atoms with van der Waals surface area (Å²) >= 11 is 11.8. The highest BCUT2D eigenvalue weighted by molar-refractivity contribution is 6.42. The van der Waals surface area contributed by atoms with Crippen LogP contribution in [0.5, 0.6) is 0 Å². The van der Waals surface area contributed by atoms with Crippen molar-refractivity contribution >= 4 is 57.2 Å². The maximum absolute atomic E-state index is 14.5. The summed E-state index contributed by atoms with van der Waals surface area (Å²) in [6.07, 6.45) is 3.78. The number of nitrogens with one attached hydrogen (secondary N) is 1. The molecule has 1 spiro atoms. The van der Waals surface area contributed by atoms with Crippen LogP contribution >= 0.6 is 23.2 Å². The Kier molecular flexibility index (Phi) is 4.75. The Labute approximate surface area is 188 Å². The van der Waals surface area contributed by atoms with Gasteiger partial charge in [-0.05, 0) is 42.8 Å². The average Bonchev–Trinajstić information content (AvgIpc) is 2.72. The van der Waals surface area contributed by atoms with E-state index in [1.807, 2.05) is 23.1 Å². The summed E-state index contributed by atoms with van der Waals surface area (Å²) in [7, 11) is 0. The number of likely N-dealkylation sites (tertiary alicyclic amines) is 1. The second-order valence-electron chi connectivity index (χ2n) is 7.80. The van der Waals surface area contributed by atoms with Gasteiger partial charge in [-0.2, -0.15) is 0 Å². The highest BCUT2D eigenvalue weighted by Gasteiger charge is 2.54. The molecule has 0 saturated carbocycles. The molecule has 0 radical (unpaired) electrons. The largest absolute Gasteiger partial charge is 0.367 e. The fourth-order valence-electron chi connectivity index (χ4n) is 4.26. The third kappa shape index (κ3) is 3.20. The molecule has 3 aromatic rings. The van der Waals surface area contributed by atoms with Gasteiger partial charge in [0.15, 0.2) is 5.82 Å². The van der Waals surface area contributed by atoms with E-state index in [1.165, 1.54) is 24.5 Å². The van der Waals surface area contributed by atoms with E-state index in [2.05, 4.69) is 26.8 Å². The lowest BCUT2D eigenvalue weighted by Gasteiger charge is -2.63. The molecular formula is C22H18Cl2FN5O. The molecule has 0 atom stereocenters. The van der Waals surface area contributed by atoms with Crippen LogP contribution in [0.1, 0.15) is 6.42 Å². The first kappa shape index (κ1) is 20.0. The number of amides is 1. The maximum atomic E-state index is 14.5. The van der Waals surface area contributed by atoms with Crippen LogP contribution in [-0.4, -0.2) is 45.9 Å². The standard InChI is InChI=1S/C22H18Cl2FN5O/c1-2-18(31)30-8-7-22(30)10-29(11-22)13-3-5-16-14(9-13)21(27-12-26-16)28-17-6-4-15(23)19(24)20(17)25/h2-6,9,12H,1,7-8,10-11H2,(H,26,27,28). The zero-order valence-corrected chi connectivity index (χ0v) is 17.9. The van der Waals surface area contributed by atoms with Crippen molar-refractivity contribution in [3.63, 3.8) is 0 Å². The molecular weight excluding hydrogens is 440 g/mol. The minimum Gasteiger partial charge on any atom is -0.367 e. The molecule has 0 aliphatic carbocycles. The molecule has 158 valence electrons. The fourth-order valence-corrected chi connectivity index (χ4v) is 4.57. The number of hydrogen-bond acceptors (Lipinski definition) is 5. The minimum atomic E-state index is -0.640. The van der Waals surface area contributed by atoms with Crippen LogP contribution in [-0.2, 0) is 4.79 Å². The van der Waals surface area contributed by atoms with E-state index in [9.17, 15) is 9.18 Å². The number of nitrogens with zero attached hydrogens (tertiary/aromatic N) is 4. The van der Waals surface area contributed by atoms with Crippen molar-refractivity contribution in [1.82, 2.24) is 14.9 Å². The zero-order valence-electron chi connectivity index (χ0n) is 16.4. The van der Waals surface area contributed by atoms with Crippen molar-refractivity contribution in [2.24, 2.45) is 0 Å². The summed E-state index contributed by atoms with van der Waals surface area (Å²) < 4.78 is 14.5. The first-order chi connectivity index (χ1) is 14.9. The van der Waals surface area contributed by atoms with Crippen LogP contribution in [0.15, 0.2) is 49.3 Å². The Morgan fingerprint density at radius 2 is 2.03 bits per heavy atom. The molecule has 0 bridgehead atoms. The van der Waals surface area contributed by atoms with E-state index in [0.29, 0.717) is 5.82 Å². The van der Waals surface area contributed by atoms with Crippen molar-refractivity contribution in [3.05, 3.63) is 65.2 Å². The second kappa shape index (κ2) is 7.35. The van der Waals surface area contributed by atoms with Gasteiger partial charge in [-0.3, -0.25) is 4.79 Å². The van der Waals surface area contributed by atoms with Crippen LogP contribution in [0.4, 0.5) is 21.6 Å². The summed E-state index contributed by atoms with van der Waals surface area (Å²) in [6.45, 7) is 5.88. The Balaban J connectivity index is 1.43. The SMILES string of the molecule is C=CC(=O)N1CCC12CN(c1ccc3ncnc(Nc4ccc(Cl)c(Cl)c4F)c3c1)C2. The molecule has 9 heteroatoms. The molecule has 6 nitrogen and oxygen atoms in total. The first-order valence-corrected chi connectivity index (χ1v) is 10.5. The van der Waals surface area contributed by atoms with Crippen molar-refractivity contribution < 1.29 is 9.18 Å². The van der Waals surface area contributed by atoms with Gasteiger partial charge in [-0.15, -0.1) is 0 Å². The first-order valence-electron chi connectivity index (χ1n) is 9.76. The molecule has 5 rings (SSSR count). The molecule has 2 aliphatic heterocycles. The molecule has 0 unspecified atom stereocenters. The molecule has 1 aromatic heterocycles. The third-order valence-electron chi connectivity index (χ3n) is 6.06. The van der Waals surface area contributed by atoms with Crippen molar-refractivity contribution in [2.45, 2.75) is 12.0 Å². The van der Waals surface area contributed by atoms with Crippen LogP contribution in [0.3, 0.4) is 0 Å². The second-order valence-corrected chi connectivity index (χ2v) is 8.58. The molecule has 2 saturated heterocycles. The smallest absolute Gasteiger partial charge is 0.246 e. The number of carbonyl (C=O) groups is 1. The van der Waals surface area contributed by atoms with E-state index in [4.69, 9.17) is 23.2 Å². The Bertz CT molecular complexity index is 1230. The normalized spacial score (nSPS) is 16.7. The summed E-state index contributed by atoms with van der Waals surface area (Å²) in [4.78, 5) is 24.7. The van der Waals surface area contributed by atoms with Crippen LogP contribution in [0.2, 0.25) is 10.0 Å². The summed E-state index contributed by atoms with van der Waals surface area (Å²) in [5.74, 6) is -0.196. The number of benzene rings is 2. The predicted molar refractivity (Wildman–Crippen MR) is 121 cm³/mol. The number of halogens is 3. The molecule has 1 N–H and O–H groups in total. The van der Waals surface area contributed by atoms with Crippen LogP contribution in [0.25, 0.3) is 10.9 Å². The number of rotatable bonds is 4. The van der Waals surface area contributed by atoms with Gasteiger partial charge in [0.25, 0.3) is 0 Å². The number of fused-ring (bicyclic) bond motifs is 1. The van der Waals surface area contributed by atoms with Crippen LogP contribution in [0, 0.1) is 5.82 Å². The monoisotopic (exact) mass is 457 g/mol. The quantitative estimate of drug-likeness (QED) is 0.450. The average molecular weight is 458 g/mol. The van der Waals surface area contributed by atoms with E-state index in [-0.39, 0.29) is 27.2 Å². The van der Waals surface area contributed by atoms with Gasteiger partial charge < -0.3 is 15.1 Å². The van der Waals surface area contributed by atoms with E-state index >= 15 is 0 Å². The van der Waals surface area contributed by atoms with Gasteiger partial charge >= 0.3 is 0 Å². The molecule has 2 fully saturated rings. The van der Waals surface area contributed by atoms with Gasteiger partial charge in [0.2, 0.25) is 5.91 Å². The topological polar surface area (TPSA) is 61.4 Å². The van der Waals surface area contributed by atoms with Gasteiger partial charge in [0, 0.05) is 30.7 Å². The molecule has 3 heterocycles. The number of hydrogen-bond donors (Lipinski definition) is 1. The lowest BCUT2D eigenvalue weighted by molar-refractivity contribution is -0.144. The molecule has 1 amide bonds. The highest BCUT2D eigenvalue weighted by atomic mass is 35.5. The van der Waals surface area contributed by atoms with E-state index < -0.39 is 5.82 Å². The molecule has 2 aromatic carbocycles. The van der Waals surface area contributed by atoms with Crippen molar-refractivity contribution in [2.75, 3.05) is 29.9 Å². The van der Waals surface area contributed by atoms with Gasteiger partial charge in [0.05, 0.1) is 26.8 Å². The number of aromatic nitrogens is 2. The summed E-state index contributed by atoms with van der Waals surface area (Å²) in [6, 6.07) is 8.91. The zero-order chi connectivity index (χ0) is 21.8. The molecule has 2 aliphatic rings. The number of anilines is 3. The van der Waals surface area contributed by atoms with Gasteiger partial charge in [-0.1, -0.05) is 29.8 Å². The van der Waals surface area contributed by atoms with E-state index in [1.54, 1.807) is 0 Å². The van der Waals surface area contributed by atoms with Gasteiger partial charge in [0.1, 0.15) is 12.1 Å². The maximum Gasteiger partial charge on any atom is 0.246 e. The summed E-state index contributed by atoms with van der Waals surface area (Å²) in [5, 5.41) is 3.75. The Hall–Kier alpha value is -2.90. The fraction of sp³-hybridized carbons (Fsp3) is 0.227. The van der Waals surface area contributed by atoms with E-state index in [0.717, 1.165) is 42.6 Å². The Morgan fingerprint density at radius 1 is 1.23 bits per heavy atom. The minimum absolute atomic E-state index is 0.0204. The van der Waals surface area contributed by atoms with Crippen molar-refractivity contribution in [1.29, 1.82) is 0 Å². The van der Waals surface area contributed by atoms with Crippen molar-refractivity contribution in [3.8, 4) is 0 Å². The van der Waals surface area contributed by atoms with Gasteiger partial charge in [-0.25, -0.2) is 14.4 Å². The molecule has 31 heavy (non-hydrogen) atoms.